The molecule has 3 heterocycles. The first kappa shape index (κ1) is 14.2. The molecule has 2 atom stereocenters. The lowest BCUT2D eigenvalue weighted by molar-refractivity contribution is -0.0600. The Kier molecular flexibility index (Phi) is 3.77. The summed E-state index contributed by atoms with van der Waals surface area (Å²) in [5, 5.41) is 4.62. The Morgan fingerprint density at radius 3 is 3.10 bits per heavy atom. The normalized spacial score (nSPS) is 23.8. The number of aromatic nitrogens is 4. The highest BCUT2D eigenvalue weighted by atomic mass is 16.5. The Morgan fingerprint density at radius 2 is 2.33 bits per heavy atom. The molecule has 1 saturated heterocycles. The first-order chi connectivity index (χ1) is 10.1. The van der Waals surface area contributed by atoms with Gasteiger partial charge in [0.2, 0.25) is 0 Å². The first-order valence-electron chi connectivity index (χ1n) is 7.35. The van der Waals surface area contributed by atoms with Crippen LogP contribution in [0.3, 0.4) is 0 Å². The number of aryl methyl sites for hydroxylation is 1. The zero-order chi connectivity index (χ0) is 15.0. The number of nitrogens with one attached hydrogen (secondary N) is 1. The van der Waals surface area contributed by atoms with Gasteiger partial charge >= 0.3 is 0 Å². The maximum absolute atomic E-state index is 12.1. The Labute approximate surface area is 122 Å². The number of morpholine rings is 1. The molecule has 114 valence electrons. The molecule has 2 aromatic heterocycles. The van der Waals surface area contributed by atoms with Gasteiger partial charge in [-0.2, -0.15) is 5.10 Å². The molecule has 3 rings (SSSR count). The molecule has 0 spiro atoms. The summed E-state index contributed by atoms with van der Waals surface area (Å²) in [6.07, 6.45) is 2.78. The summed E-state index contributed by atoms with van der Waals surface area (Å²) in [6.45, 7) is 6.43. The molecule has 2 aromatic rings. The topological polar surface area (TPSA) is 76.0 Å². The fraction of sp³-hybridized carbons (Fsp3) is 0.643. The van der Waals surface area contributed by atoms with Crippen molar-refractivity contribution in [2.45, 2.75) is 39.0 Å². The molecule has 0 radical (unpaired) electrons. The van der Waals surface area contributed by atoms with E-state index in [1.807, 2.05) is 0 Å². The molecule has 1 N–H and O–H groups in total. The molecule has 0 unspecified atom stereocenters. The van der Waals surface area contributed by atoms with Crippen molar-refractivity contribution in [1.29, 1.82) is 0 Å². The van der Waals surface area contributed by atoms with E-state index in [0.29, 0.717) is 29.4 Å². The Balaban J connectivity index is 1.89. The van der Waals surface area contributed by atoms with Crippen LogP contribution in [0.5, 0.6) is 0 Å². The molecule has 1 aliphatic heterocycles. The van der Waals surface area contributed by atoms with Crippen molar-refractivity contribution < 1.29 is 4.74 Å². The van der Waals surface area contributed by atoms with Crippen molar-refractivity contribution in [1.82, 2.24) is 24.6 Å². The van der Waals surface area contributed by atoms with Crippen LogP contribution in [0, 0.1) is 0 Å². The second-order valence-corrected chi connectivity index (χ2v) is 5.65. The molecule has 0 amide bonds. The van der Waals surface area contributed by atoms with E-state index in [4.69, 9.17) is 4.74 Å². The fourth-order valence-electron chi connectivity index (χ4n) is 2.83. The number of aromatic amines is 1. The molecule has 0 saturated carbocycles. The van der Waals surface area contributed by atoms with E-state index in [1.165, 1.54) is 0 Å². The number of rotatable bonds is 3. The Morgan fingerprint density at radius 1 is 1.52 bits per heavy atom. The van der Waals surface area contributed by atoms with E-state index in [0.717, 1.165) is 19.6 Å². The molecule has 7 heteroatoms. The van der Waals surface area contributed by atoms with Gasteiger partial charge in [0.1, 0.15) is 11.2 Å². The summed E-state index contributed by atoms with van der Waals surface area (Å²) in [7, 11) is 1.80. The van der Waals surface area contributed by atoms with E-state index < -0.39 is 0 Å². The van der Waals surface area contributed by atoms with Gasteiger partial charge in [0.05, 0.1) is 25.5 Å². The number of hydrogen-bond donors (Lipinski definition) is 1. The summed E-state index contributed by atoms with van der Waals surface area (Å²) >= 11 is 0. The largest absolute Gasteiger partial charge is 0.376 e. The first-order valence-corrected chi connectivity index (χ1v) is 7.35. The van der Waals surface area contributed by atoms with Gasteiger partial charge < -0.3 is 9.72 Å². The fourth-order valence-corrected chi connectivity index (χ4v) is 2.83. The van der Waals surface area contributed by atoms with Crippen LogP contribution in [0.2, 0.25) is 0 Å². The van der Waals surface area contributed by atoms with Crippen molar-refractivity contribution in [2.24, 2.45) is 7.05 Å². The third-order valence-corrected chi connectivity index (χ3v) is 4.06. The van der Waals surface area contributed by atoms with E-state index in [-0.39, 0.29) is 11.7 Å². The van der Waals surface area contributed by atoms with E-state index in [1.54, 1.807) is 17.9 Å². The van der Waals surface area contributed by atoms with Crippen LogP contribution < -0.4 is 5.56 Å². The van der Waals surface area contributed by atoms with Crippen molar-refractivity contribution >= 4 is 11.0 Å². The lowest BCUT2D eigenvalue weighted by Crippen LogP contribution is -2.48. The molecule has 0 aromatic carbocycles. The Hall–Kier alpha value is -1.73. The molecule has 1 fully saturated rings. The summed E-state index contributed by atoms with van der Waals surface area (Å²) < 4.78 is 7.33. The maximum atomic E-state index is 12.1. The quantitative estimate of drug-likeness (QED) is 0.899. The minimum Gasteiger partial charge on any atom is -0.376 e. The highest BCUT2D eigenvalue weighted by Gasteiger charge is 2.26. The third-order valence-electron chi connectivity index (χ3n) is 4.06. The molecule has 21 heavy (non-hydrogen) atoms. The number of H-pyrrole nitrogens is 1. The van der Waals surface area contributed by atoms with Crippen molar-refractivity contribution in [2.75, 3.05) is 13.2 Å². The van der Waals surface area contributed by atoms with E-state index in [2.05, 4.69) is 33.8 Å². The van der Waals surface area contributed by atoms with Crippen molar-refractivity contribution in [3.63, 3.8) is 0 Å². The molecular formula is C14H21N5O2. The van der Waals surface area contributed by atoms with Crippen LogP contribution in [-0.4, -0.2) is 49.9 Å². The van der Waals surface area contributed by atoms with Gasteiger partial charge in [-0.05, 0) is 13.3 Å². The van der Waals surface area contributed by atoms with Gasteiger partial charge in [-0.15, -0.1) is 0 Å². The average molecular weight is 291 g/mol. The standard InChI is InChI=1S/C14H21N5O2/c1-4-10-8-21-9(2)6-19(10)7-12-16-13-11(14(20)17-12)5-15-18(13)3/h5,9-10H,4,6-8H2,1-3H3,(H,16,17,20)/t9-,10+/m1/s1. The Bertz CT molecular complexity index is 692. The molecular weight excluding hydrogens is 270 g/mol. The number of fused-ring (bicyclic) bond motifs is 1. The lowest BCUT2D eigenvalue weighted by Gasteiger charge is -2.37. The van der Waals surface area contributed by atoms with Crippen LogP contribution in [0.15, 0.2) is 11.0 Å². The van der Waals surface area contributed by atoms with Crippen LogP contribution >= 0.6 is 0 Å². The van der Waals surface area contributed by atoms with Crippen LogP contribution in [0.4, 0.5) is 0 Å². The summed E-state index contributed by atoms with van der Waals surface area (Å²) in [6, 6.07) is 0.369. The molecule has 0 bridgehead atoms. The molecule has 1 aliphatic rings. The number of hydrogen-bond acceptors (Lipinski definition) is 5. The molecule has 7 nitrogen and oxygen atoms in total. The second kappa shape index (κ2) is 5.57. The summed E-state index contributed by atoms with van der Waals surface area (Å²) in [4.78, 5) is 21.8. The van der Waals surface area contributed by atoms with Crippen LogP contribution in [0.1, 0.15) is 26.1 Å². The van der Waals surface area contributed by atoms with Gasteiger partial charge in [0.25, 0.3) is 5.56 Å². The van der Waals surface area contributed by atoms with Gasteiger partial charge in [-0.1, -0.05) is 6.92 Å². The van der Waals surface area contributed by atoms with Crippen LogP contribution in [-0.2, 0) is 18.3 Å². The third kappa shape index (κ3) is 2.71. The predicted octanol–water partition coefficient (Wildman–Crippen LogP) is 0.656. The van der Waals surface area contributed by atoms with Gasteiger partial charge in [0.15, 0.2) is 5.65 Å². The highest BCUT2D eigenvalue weighted by molar-refractivity contribution is 5.72. The summed E-state index contributed by atoms with van der Waals surface area (Å²) in [5.41, 5.74) is 0.501. The monoisotopic (exact) mass is 291 g/mol. The SMILES string of the molecule is CC[C@H]1CO[C@H](C)CN1Cc1nc2c(cnn2C)c(=O)[nH]1. The zero-order valence-corrected chi connectivity index (χ0v) is 12.7. The van der Waals surface area contributed by atoms with E-state index in [9.17, 15) is 4.79 Å². The van der Waals surface area contributed by atoms with Gasteiger partial charge in [-0.25, -0.2) is 4.98 Å². The van der Waals surface area contributed by atoms with Gasteiger partial charge in [-0.3, -0.25) is 14.4 Å². The van der Waals surface area contributed by atoms with Crippen molar-refractivity contribution in [3.8, 4) is 0 Å². The highest BCUT2D eigenvalue weighted by Crippen LogP contribution is 2.16. The van der Waals surface area contributed by atoms with E-state index >= 15 is 0 Å². The minimum atomic E-state index is -0.127. The minimum absolute atomic E-state index is 0.127. The lowest BCUT2D eigenvalue weighted by atomic mass is 10.1. The van der Waals surface area contributed by atoms with Crippen molar-refractivity contribution in [3.05, 3.63) is 22.4 Å². The zero-order valence-electron chi connectivity index (χ0n) is 12.7. The smallest absolute Gasteiger partial charge is 0.262 e. The average Bonchev–Trinajstić information content (AvgIpc) is 2.81. The second-order valence-electron chi connectivity index (χ2n) is 5.65. The van der Waals surface area contributed by atoms with Gasteiger partial charge in [0, 0.05) is 19.6 Å². The number of nitrogens with zero attached hydrogens (tertiary/aromatic N) is 4. The number of ether oxygens (including phenoxy) is 1. The maximum Gasteiger partial charge on any atom is 0.262 e. The predicted molar refractivity (Wildman–Crippen MR) is 79.0 cm³/mol. The summed E-state index contributed by atoms with van der Waals surface area (Å²) in [5.74, 6) is 0.684. The van der Waals surface area contributed by atoms with Crippen LogP contribution in [0.25, 0.3) is 11.0 Å². The molecule has 0 aliphatic carbocycles.